The minimum absolute atomic E-state index is 0.0836. The molecule has 5 aromatic rings. The monoisotopic (exact) mass is 445 g/mol. The number of hydrogen-bond donors (Lipinski definition) is 0. The molecule has 0 saturated carbocycles. The topological polar surface area (TPSA) is 65.6 Å². The number of benzene rings is 2. The Labute approximate surface area is 190 Å². The third-order valence-electron chi connectivity index (χ3n) is 5.90. The fourth-order valence-electron chi connectivity index (χ4n) is 4.05. The summed E-state index contributed by atoms with van der Waals surface area (Å²) in [5.74, 6) is 1.16. The van der Waals surface area contributed by atoms with Crippen molar-refractivity contribution >= 4 is 44.8 Å². The SMILES string of the molecule is Cc1ccc(-n2c3nc4ccccc4nc3c3c(=O)n(CCC(C)C)c(C)nc32)cc1Cl. The van der Waals surface area contributed by atoms with Gasteiger partial charge in [0.1, 0.15) is 16.7 Å². The molecule has 32 heavy (non-hydrogen) atoms. The number of aryl methyl sites for hydroxylation is 2. The average Bonchev–Trinajstić information content (AvgIpc) is 3.06. The van der Waals surface area contributed by atoms with Gasteiger partial charge in [0.2, 0.25) is 0 Å². The van der Waals surface area contributed by atoms with Crippen molar-refractivity contribution in [1.82, 2.24) is 24.1 Å². The Bertz CT molecular complexity index is 1560. The minimum atomic E-state index is -0.0836. The van der Waals surface area contributed by atoms with Gasteiger partial charge >= 0.3 is 0 Å². The van der Waals surface area contributed by atoms with Gasteiger partial charge in [0.25, 0.3) is 5.56 Å². The maximum atomic E-state index is 13.7. The molecule has 0 spiro atoms. The second-order valence-electron chi connectivity index (χ2n) is 8.65. The summed E-state index contributed by atoms with van der Waals surface area (Å²) in [7, 11) is 0. The van der Waals surface area contributed by atoms with Crippen LogP contribution in [0.4, 0.5) is 0 Å². The number of halogens is 1. The van der Waals surface area contributed by atoms with E-state index in [0.29, 0.717) is 45.5 Å². The molecular weight excluding hydrogens is 422 g/mol. The minimum Gasteiger partial charge on any atom is -0.296 e. The molecule has 0 bridgehead atoms. The Morgan fingerprint density at radius 2 is 1.69 bits per heavy atom. The van der Waals surface area contributed by atoms with Crippen molar-refractivity contribution < 1.29 is 0 Å². The van der Waals surface area contributed by atoms with Gasteiger partial charge in [0.05, 0.1) is 16.7 Å². The number of para-hydroxylation sites is 2. The summed E-state index contributed by atoms with van der Waals surface area (Å²) in [5.41, 5.74) is 4.92. The van der Waals surface area contributed by atoms with E-state index in [1.807, 2.05) is 60.9 Å². The van der Waals surface area contributed by atoms with Crippen molar-refractivity contribution in [1.29, 1.82) is 0 Å². The van der Waals surface area contributed by atoms with E-state index in [0.717, 1.165) is 28.7 Å². The maximum absolute atomic E-state index is 13.7. The first-order valence-corrected chi connectivity index (χ1v) is 11.2. The van der Waals surface area contributed by atoms with Gasteiger partial charge < -0.3 is 0 Å². The lowest BCUT2D eigenvalue weighted by Gasteiger charge is -2.12. The fourth-order valence-corrected chi connectivity index (χ4v) is 4.22. The summed E-state index contributed by atoms with van der Waals surface area (Å²) in [6, 6.07) is 13.5. The highest BCUT2D eigenvalue weighted by Gasteiger charge is 2.22. The highest BCUT2D eigenvalue weighted by Crippen LogP contribution is 2.30. The number of rotatable bonds is 4. The van der Waals surface area contributed by atoms with Crippen molar-refractivity contribution in [3.63, 3.8) is 0 Å². The first kappa shape index (κ1) is 20.6. The Balaban J connectivity index is 1.93. The Morgan fingerprint density at radius 3 is 2.38 bits per heavy atom. The molecule has 0 amide bonds. The van der Waals surface area contributed by atoms with E-state index in [-0.39, 0.29) is 5.56 Å². The molecule has 3 aromatic heterocycles. The van der Waals surface area contributed by atoms with Crippen LogP contribution in [0, 0.1) is 19.8 Å². The summed E-state index contributed by atoms with van der Waals surface area (Å²) in [5, 5.41) is 1.14. The average molecular weight is 446 g/mol. The molecule has 0 atom stereocenters. The highest BCUT2D eigenvalue weighted by molar-refractivity contribution is 6.31. The second-order valence-corrected chi connectivity index (χ2v) is 9.06. The molecular formula is C25H24ClN5O. The molecule has 2 aromatic carbocycles. The smallest absolute Gasteiger partial charge is 0.265 e. The molecule has 0 aliphatic rings. The standard InChI is InChI=1S/C25H24ClN5O/c1-14(2)11-12-30-16(4)27-23-21(25(30)32)22-24(29-20-8-6-5-7-19(20)28-22)31(23)17-10-9-15(3)18(26)13-17/h5-10,13-14H,11-12H2,1-4H3. The number of hydrogen-bond acceptors (Lipinski definition) is 4. The van der Waals surface area contributed by atoms with Gasteiger partial charge in [-0.1, -0.05) is 43.6 Å². The van der Waals surface area contributed by atoms with Crippen LogP contribution in [0.2, 0.25) is 5.02 Å². The van der Waals surface area contributed by atoms with Gasteiger partial charge in [-0.05, 0) is 56.0 Å². The predicted molar refractivity (Wildman–Crippen MR) is 130 cm³/mol. The molecule has 0 aliphatic heterocycles. The van der Waals surface area contributed by atoms with Crippen LogP contribution in [-0.2, 0) is 6.54 Å². The van der Waals surface area contributed by atoms with E-state index >= 15 is 0 Å². The zero-order valence-corrected chi connectivity index (χ0v) is 19.3. The lowest BCUT2D eigenvalue weighted by atomic mass is 10.1. The Morgan fingerprint density at radius 1 is 0.969 bits per heavy atom. The second kappa shape index (κ2) is 7.71. The van der Waals surface area contributed by atoms with Gasteiger partial charge in [0.15, 0.2) is 11.3 Å². The van der Waals surface area contributed by atoms with Crippen LogP contribution in [-0.4, -0.2) is 24.1 Å². The lowest BCUT2D eigenvalue weighted by Crippen LogP contribution is -2.24. The van der Waals surface area contributed by atoms with Crippen LogP contribution in [0.1, 0.15) is 31.7 Å². The van der Waals surface area contributed by atoms with E-state index in [9.17, 15) is 4.79 Å². The van der Waals surface area contributed by atoms with Crippen molar-refractivity contribution in [3.05, 3.63) is 69.2 Å². The molecule has 0 fully saturated rings. The molecule has 162 valence electrons. The Hall–Kier alpha value is -3.25. The summed E-state index contributed by atoms with van der Waals surface area (Å²) in [4.78, 5) is 28.3. The van der Waals surface area contributed by atoms with Crippen molar-refractivity contribution in [2.75, 3.05) is 0 Å². The van der Waals surface area contributed by atoms with Crippen molar-refractivity contribution in [2.24, 2.45) is 5.92 Å². The molecule has 3 heterocycles. The molecule has 7 heteroatoms. The quantitative estimate of drug-likeness (QED) is 0.361. The Kier molecular flexibility index (Phi) is 4.97. The number of aromatic nitrogens is 5. The van der Waals surface area contributed by atoms with Crippen LogP contribution >= 0.6 is 11.6 Å². The van der Waals surface area contributed by atoms with E-state index in [1.54, 1.807) is 4.57 Å². The van der Waals surface area contributed by atoms with Crippen molar-refractivity contribution in [2.45, 2.75) is 40.7 Å². The van der Waals surface area contributed by atoms with Gasteiger partial charge in [-0.3, -0.25) is 13.9 Å². The van der Waals surface area contributed by atoms with Crippen LogP contribution in [0.15, 0.2) is 47.3 Å². The summed E-state index contributed by atoms with van der Waals surface area (Å²) < 4.78 is 3.65. The fraction of sp³-hybridized carbons (Fsp3) is 0.280. The van der Waals surface area contributed by atoms with Gasteiger partial charge in [-0.25, -0.2) is 15.0 Å². The van der Waals surface area contributed by atoms with Crippen LogP contribution in [0.25, 0.3) is 38.9 Å². The van der Waals surface area contributed by atoms with Gasteiger partial charge in [-0.2, -0.15) is 0 Å². The van der Waals surface area contributed by atoms with Crippen LogP contribution in [0.5, 0.6) is 0 Å². The third-order valence-corrected chi connectivity index (χ3v) is 6.30. The predicted octanol–water partition coefficient (Wildman–Crippen LogP) is 5.60. The van der Waals surface area contributed by atoms with E-state index in [4.69, 9.17) is 26.6 Å². The molecule has 5 rings (SSSR count). The van der Waals surface area contributed by atoms with E-state index in [2.05, 4.69) is 13.8 Å². The first-order valence-electron chi connectivity index (χ1n) is 10.8. The first-order chi connectivity index (χ1) is 15.3. The summed E-state index contributed by atoms with van der Waals surface area (Å²) in [6.45, 7) is 8.76. The zero-order valence-electron chi connectivity index (χ0n) is 18.6. The summed E-state index contributed by atoms with van der Waals surface area (Å²) >= 11 is 6.45. The van der Waals surface area contributed by atoms with Crippen molar-refractivity contribution in [3.8, 4) is 5.69 Å². The molecule has 0 N–H and O–H groups in total. The maximum Gasteiger partial charge on any atom is 0.265 e. The largest absolute Gasteiger partial charge is 0.296 e. The van der Waals surface area contributed by atoms with Crippen LogP contribution < -0.4 is 5.56 Å². The number of fused-ring (bicyclic) bond motifs is 4. The highest BCUT2D eigenvalue weighted by atomic mass is 35.5. The summed E-state index contributed by atoms with van der Waals surface area (Å²) in [6.07, 6.45) is 0.898. The normalized spacial score (nSPS) is 11.9. The van der Waals surface area contributed by atoms with Gasteiger partial charge in [0, 0.05) is 11.6 Å². The third kappa shape index (κ3) is 3.26. The van der Waals surface area contributed by atoms with Crippen LogP contribution in [0.3, 0.4) is 0 Å². The zero-order chi connectivity index (χ0) is 22.6. The molecule has 6 nitrogen and oxygen atoms in total. The number of nitrogens with zero attached hydrogens (tertiary/aromatic N) is 5. The van der Waals surface area contributed by atoms with E-state index in [1.165, 1.54) is 0 Å². The molecule has 0 saturated heterocycles. The lowest BCUT2D eigenvalue weighted by molar-refractivity contribution is 0.498. The molecule has 0 radical (unpaired) electrons. The molecule has 0 unspecified atom stereocenters. The molecule has 0 aliphatic carbocycles. The van der Waals surface area contributed by atoms with E-state index < -0.39 is 0 Å². The van der Waals surface area contributed by atoms with Gasteiger partial charge in [-0.15, -0.1) is 0 Å².